The van der Waals surface area contributed by atoms with E-state index in [1.54, 1.807) is 12.7 Å². The van der Waals surface area contributed by atoms with Crippen molar-refractivity contribution in [1.29, 1.82) is 0 Å². The summed E-state index contributed by atoms with van der Waals surface area (Å²) in [5, 5.41) is 4.03. The van der Waals surface area contributed by atoms with Crippen LogP contribution in [0.15, 0.2) is 12.7 Å². The molecule has 1 aromatic heterocycles. The van der Waals surface area contributed by atoms with Crippen LogP contribution in [0.3, 0.4) is 0 Å². The topological polar surface area (TPSA) is 138 Å². The highest BCUT2D eigenvalue weighted by Crippen LogP contribution is 2.44. The van der Waals surface area contributed by atoms with Crippen LogP contribution in [0.1, 0.15) is 145 Å². The predicted octanol–water partition coefficient (Wildman–Crippen LogP) is 5.05. The van der Waals surface area contributed by atoms with Gasteiger partial charge in [0.1, 0.15) is 18.5 Å². The van der Waals surface area contributed by atoms with Crippen molar-refractivity contribution in [3.8, 4) is 0 Å². The number of hydrogen-bond acceptors (Lipinski definition) is 10. The van der Waals surface area contributed by atoms with Crippen molar-refractivity contribution in [2.45, 2.75) is 180 Å². The van der Waals surface area contributed by atoms with Gasteiger partial charge in [-0.05, 0) is 132 Å². The Morgan fingerprint density at radius 1 is 0.787 bits per heavy atom. The van der Waals surface area contributed by atoms with Gasteiger partial charge in [0.15, 0.2) is 0 Å². The van der Waals surface area contributed by atoms with Crippen molar-refractivity contribution >= 4 is 0 Å². The fraction of sp³-hybridized carbons (Fsp3) is 0.919. The Bertz CT molecular complexity index is 1010. The van der Waals surface area contributed by atoms with Crippen molar-refractivity contribution in [1.82, 2.24) is 35.0 Å². The third-order valence-electron chi connectivity index (χ3n) is 11.4. The van der Waals surface area contributed by atoms with Crippen LogP contribution in [0.25, 0.3) is 0 Å². The van der Waals surface area contributed by atoms with Gasteiger partial charge in [-0.2, -0.15) is 0 Å². The first kappa shape index (κ1) is 40.2. The van der Waals surface area contributed by atoms with Crippen LogP contribution >= 0.6 is 0 Å². The summed E-state index contributed by atoms with van der Waals surface area (Å²) in [5.41, 5.74) is 19.3. The van der Waals surface area contributed by atoms with E-state index in [1.807, 2.05) is 0 Å². The highest BCUT2D eigenvalue weighted by molar-refractivity contribution is 5.06. The molecule has 0 radical (unpaired) electrons. The summed E-state index contributed by atoms with van der Waals surface area (Å²) < 4.78 is 0. The van der Waals surface area contributed by atoms with Crippen LogP contribution in [-0.2, 0) is 0 Å². The minimum atomic E-state index is -0.310. The Balaban J connectivity index is 1.94. The minimum absolute atomic E-state index is 0.0972. The Morgan fingerprint density at radius 2 is 1.28 bits per heavy atom. The third kappa shape index (κ3) is 11.1. The van der Waals surface area contributed by atoms with Crippen LogP contribution in [0, 0.1) is 5.92 Å². The molecular formula is C37H74N10. The van der Waals surface area contributed by atoms with Gasteiger partial charge in [-0.1, -0.05) is 26.7 Å². The molecule has 272 valence electrons. The Kier molecular flexibility index (Phi) is 14.6. The van der Waals surface area contributed by atoms with E-state index in [0.717, 1.165) is 71.2 Å². The molecule has 3 rings (SSSR count). The van der Waals surface area contributed by atoms with E-state index < -0.39 is 0 Å². The molecule has 0 aliphatic carbocycles. The van der Waals surface area contributed by atoms with E-state index in [-0.39, 0.29) is 34.4 Å². The first-order valence-corrected chi connectivity index (χ1v) is 18.8. The maximum absolute atomic E-state index is 6.73. The average Bonchev–Trinajstić information content (AvgIpc) is 2.96. The molecule has 3 heterocycles. The van der Waals surface area contributed by atoms with Gasteiger partial charge < -0.3 is 22.5 Å². The standard InChI is InChI=1S/C37H74N10/c1-11-13-18-46-34(3,4)21-28(22-35(46,5)6)31(42-17-15-32(39)40)25-45(20-16-30(38)33-43-26-41-27-44-33)29-23-36(7,8)47(19-14-12-2)37(9,10)24-29/h26-32,42H,11-25,38-40H2,1-10H3. The maximum Gasteiger partial charge on any atom is 0.148 e. The number of unbranched alkanes of at least 4 members (excludes halogenated alkanes) is 2. The van der Waals surface area contributed by atoms with Gasteiger partial charge in [0.05, 0.1) is 12.2 Å². The monoisotopic (exact) mass is 659 g/mol. The summed E-state index contributed by atoms with van der Waals surface area (Å²) in [4.78, 5) is 21.1. The molecule has 2 fully saturated rings. The van der Waals surface area contributed by atoms with E-state index in [2.05, 4.69) is 104 Å². The zero-order chi connectivity index (χ0) is 35.0. The zero-order valence-electron chi connectivity index (χ0n) is 32.1. The molecule has 1 aromatic rings. The molecule has 2 aliphatic rings. The van der Waals surface area contributed by atoms with E-state index in [0.29, 0.717) is 23.8 Å². The summed E-state index contributed by atoms with van der Waals surface area (Å²) >= 11 is 0. The molecule has 10 nitrogen and oxygen atoms in total. The van der Waals surface area contributed by atoms with E-state index in [1.165, 1.54) is 25.7 Å². The summed E-state index contributed by atoms with van der Waals surface area (Å²) in [6.07, 6.45) is 13.9. The molecule has 0 saturated carbocycles. The lowest BCUT2D eigenvalue weighted by Crippen LogP contribution is -2.66. The molecule has 2 atom stereocenters. The molecule has 0 bridgehead atoms. The Morgan fingerprint density at radius 3 is 1.74 bits per heavy atom. The molecule has 2 unspecified atom stereocenters. The molecule has 10 heteroatoms. The molecular weight excluding hydrogens is 584 g/mol. The predicted molar refractivity (Wildman–Crippen MR) is 197 cm³/mol. The average molecular weight is 659 g/mol. The molecule has 0 spiro atoms. The first-order valence-electron chi connectivity index (χ1n) is 18.8. The van der Waals surface area contributed by atoms with Crippen LogP contribution in [-0.4, -0.2) is 103 Å². The van der Waals surface area contributed by atoms with E-state index in [9.17, 15) is 0 Å². The number of likely N-dealkylation sites (tertiary alicyclic amines) is 2. The fourth-order valence-corrected chi connectivity index (χ4v) is 9.41. The van der Waals surface area contributed by atoms with Crippen molar-refractivity contribution in [3.63, 3.8) is 0 Å². The Hall–Kier alpha value is -1.27. The van der Waals surface area contributed by atoms with Gasteiger partial charge in [0.2, 0.25) is 0 Å². The highest BCUT2D eigenvalue weighted by atomic mass is 15.3. The number of hydrogen-bond donors (Lipinski definition) is 4. The van der Waals surface area contributed by atoms with Gasteiger partial charge >= 0.3 is 0 Å². The third-order valence-corrected chi connectivity index (χ3v) is 11.4. The van der Waals surface area contributed by atoms with Crippen molar-refractivity contribution < 1.29 is 0 Å². The van der Waals surface area contributed by atoms with Gasteiger partial charge in [-0.15, -0.1) is 0 Å². The fourth-order valence-electron chi connectivity index (χ4n) is 9.41. The van der Waals surface area contributed by atoms with Crippen molar-refractivity contribution in [2.24, 2.45) is 23.1 Å². The molecule has 0 aromatic carbocycles. The number of rotatable bonds is 18. The number of nitrogens with one attached hydrogen (secondary N) is 1. The lowest BCUT2D eigenvalue weighted by Gasteiger charge is -2.59. The lowest BCUT2D eigenvalue weighted by molar-refractivity contribution is -0.0772. The van der Waals surface area contributed by atoms with Crippen LogP contribution < -0.4 is 22.5 Å². The van der Waals surface area contributed by atoms with Gasteiger partial charge in [-0.25, -0.2) is 15.0 Å². The number of nitrogens with zero attached hydrogens (tertiary/aromatic N) is 6. The van der Waals surface area contributed by atoms with Crippen LogP contribution in [0.4, 0.5) is 0 Å². The second-order valence-corrected chi connectivity index (χ2v) is 17.4. The smallest absolute Gasteiger partial charge is 0.148 e. The highest BCUT2D eigenvalue weighted by Gasteiger charge is 2.49. The number of piperidine rings is 2. The van der Waals surface area contributed by atoms with E-state index in [4.69, 9.17) is 17.2 Å². The normalized spacial score (nSPS) is 23.4. The van der Waals surface area contributed by atoms with Gasteiger partial charge in [-0.3, -0.25) is 14.7 Å². The molecule has 2 aliphatic heterocycles. The maximum atomic E-state index is 6.73. The lowest BCUT2D eigenvalue weighted by atomic mass is 9.70. The number of aromatic nitrogens is 3. The quantitative estimate of drug-likeness (QED) is 0.159. The SMILES string of the molecule is CCCCN1C(C)(C)CC(C(CN(CCC(N)c2ncncn2)C2CC(C)(C)N(CCCC)C(C)(C)C2)NCCC(N)N)CC1(C)C. The summed E-state index contributed by atoms with van der Waals surface area (Å²) in [6, 6.07) is 0.529. The minimum Gasteiger partial charge on any atom is -0.321 e. The molecule has 47 heavy (non-hydrogen) atoms. The van der Waals surface area contributed by atoms with Crippen molar-refractivity contribution in [2.75, 3.05) is 32.7 Å². The largest absolute Gasteiger partial charge is 0.321 e. The molecule has 2 saturated heterocycles. The zero-order valence-corrected chi connectivity index (χ0v) is 32.1. The second-order valence-electron chi connectivity index (χ2n) is 17.4. The number of nitrogens with two attached hydrogens (primary N) is 3. The molecule has 7 N–H and O–H groups in total. The van der Waals surface area contributed by atoms with Crippen molar-refractivity contribution in [3.05, 3.63) is 18.5 Å². The second kappa shape index (κ2) is 17.1. The van der Waals surface area contributed by atoms with Crippen LogP contribution in [0.2, 0.25) is 0 Å². The van der Waals surface area contributed by atoms with Gasteiger partial charge in [0, 0.05) is 47.3 Å². The molecule has 0 amide bonds. The van der Waals surface area contributed by atoms with E-state index >= 15 is 0 Å². The first-order chi connectivity index (χ1) is 21.9. The summed E-state index contributed by atoms with van der Waals surface area (Å²) in [5.74, 6) is 1.20. The van der Waals surface area contributed by atoms with Gasteiger partial charge in [0.25, 0.3) is 0 Å². The Labute approximate surface area is 288 Å². The van der Waals surface area contributed by atoms with Crippen LogP contribution in [0.5, 0.6) is 0 Å². The summed E-state index contributed by atoms with van der Waals surface area (Å²) in [7, 11) is 0. The summed E-state index contributed by atoms with van der Waals surface area (Å²) in [6.45, 7) is 29.3.